The molecule has 2 atom stereocenters. The summed E-state index contributed by atoms with van der Waals surface area (Å²) in [5, 5.41) is 16.5. The monoisotopic (exact) mass is 440 g/mol. The second-order valence-electron chi connectivity index (χ2n) is 8.73. The number of carbonyl (C=O) groups is 1. The Labute approximate surface area is 193 Å². The summed E-state index contributed by atoms with van der Waals surface area (Å²) in [6, 6.07) is 11.1. The SMILES string of the molecule is CNC(=O)CCCCCCNC(O)N1CCN(C(C2=CCCC=C2)c2ccccc2)CC1. The molecule has 6 nitrogen and oxygen atoms in total. The first-order chi connectivity index (χ1) is 15.7. The Kier molecular flexibility index (Phi) is 10.4. The van der Waals surface area contributed by atoms with Crippen LogP contribution >= 0.6 is 0 Å². The van der Waals surface area contributed by atoms with Crippen molar-refractivity contribution >= 4 is 5.91 Å². The highest BCUT2D eigenvalue weighted by Gasteiger charge is 2.29. The summed E-state index contributed by atoms with van der Waals surface area (Å²) in [5.41, 5.74) is 2.74. The van der Waals surface area contributed by atoms with Gasteiger partial charge in [0.05, 0.1) is 6.04 Å². The van der Waals surface area contributed by atoms with Gasteiger partial charge in [-0.25, -0.2) is 0 Å². The molecule has 1 aromatic rings. The van der Waals surface area contributed by atoms with Crippen molar-refractivity contribution in [3.63, 3.8) is 0 Å². The van der Waals surface area contributed by atoms with Crippen LogP contribution in [0.2, 0.25) is 0 Å². The van der Waals surface area contributed by atoms with Crippen molar-refractivity contribution in [3.8, 4) is 0 Å². The van der Waals surface area contributed by atoms with Crippen molar-refractivity contribution in [2.75, 3.05) is 39.8 Å². The topological polar surface area (TPSA) is 67.8 Å². The maximum Gasteiger partial charge on any atom is 0.219 e. The maximum atomic E-state index is 11.2. The van der Waals surface area contributed by atoms with Crippen LogP contribution in [-0.4, -0.2) is 66.9 Å². The highest BCUT2D eigenvalue weighted by atomic mass is 16.3. The van der Waals surface area contributed by atoms with Crippen molar-refractivity contribution in [2.45, 2.75) is 57.3 Å². The molecular weight excluding hydrogens is 400 g/mol. The minimum absolute atomic E-state index is 0.114. The van der Waals surface area contributed by atoms with Crippen LogP contribution in [0.1, 0.15) is 56.6 Å². The number of nitrogens with zero attached hydrogens (tertiary/aromatic N) is 2. The fourth-order valence-corrected chi connectivity index (χ4v) is 4.58. The van der Waals surface area contributed by atoms with Crippen LogP contribution in [0.4, 0.5) is 0 Å². The minimum atomic E-state index is -0.591. The summed E-state index contributed by atoms with van der Waals surface area (Å²) >= 11 is 0. The highest BCUT2D eigenvalue weighted by molar-refractivity contribution is 5.75. The van der Waals surface area contributed by atoms with Crippen molar-refractivity contribution < 1.29 is 9.90 Å². The molecule has 3 rings (SSSR count). The molecule has 0 bridgehead atoms. The lowest BCUT2D eigenvalue weighted by Crippen LogP contribution is -2.55. The van der Waals surface area contributed by atoms with Gasteiger partial charge in [-0.3, -0.25) is 19.9 Å². The number of amides is 1. The molecule has 2 aliphatic rings. The molecule has 0 spiro atoms. The average molecular weight is 441 g/mol. The predicted molar refractivity (Wildman–Crippen MR) is 130 cm³/mol. The van der Waals surface area contributed by atoms with Gasteiger partial charge in [0.2, 0.25) is 5.91 Å². The fraction of sp³-hybridized carbons (Fsp3) is 0.577. The Morgan fingerprint density at radius 1 is 1.00 bits per heavy atom. The summed E-state index contributed by atoms with van der Waals surface area (Å²) in [6.07, 6.45) is 13.3. The first kappa shape index (κ1) is 24.6. The lowest BCUT2D eigenvalue weighted by Gasteiger charge is -2.41. The zero-order valence-electron chi connectivity index (χ0n) is 19.5. The summed E-state index contributed by atoms with van der Waals surface area (Å²) in [4.78, 5) is 15.9. The van der Waals surface area contributed by atoms with Gasteiger partial charge in [0.1, 0.15) is 0 Å². The lowest BCUT2D eigenvalue weighted by molar-refractivity contribution is -0.120. The van der Waals surface area contributed by atoms with E-state index < -0.39 is 6.35 Å². The van der Waals surface area contributed by atoms with Crippen LogP contribution < -0.4 is 10.6 Å². The largest absolute Gasteiger partial charge is 0.365 e. The first-order valence-corrected chi connectivity index (χ1v) is 12.2. The van der Waals surface area contributed by atoms with E-state index in [1.807, 2.05) is 0 Å². The van der Waals surface area contributed by atoms with E-state index in [1.165, 1.54) is 11.1 Å². The highest BCUT2D eigenvalue weighted by Crippen LogP contribution is 2.32. The molecular formula is C26H40N4O2. The molecule has 1 heterocycles. The van der Waals surface area contributed by atoms with Crippen molar-refractivity contribution in [1.29, 1.82) is 0 Å². The van der Waals surface area contributed by atoms with Gasteiger partial charge in [0, 0.05) is 39.6 Å². The van der Waals surface area contributed by atoms with Gasteiger partial charge >= 0.3 is 0 Å². The van der Waals surface area contributed by atoms with E-state index >= 15 is 0 Å². The molecule has 0 saturated carbocycles. The van der Waals surface area contributed by atoms with E-state index in [0.29, 0.717) is 6.42 Å². The first-order valence-electron chi connectivity index (χ1n) is 12.2. The summed E-state index contributed by atoms with van der Waals surface area (Å²) < 4.78 is 0. The zero-order chi connectivity index (χ0) is 22.6. The van der Waals surface area contributed by atoms with Gasteiger partial charge in [-0.05, 0) is 43.4 Å². The number of aliphatic hydroxyl groups excluding tert-OH is 1. The Bertz CT molecular complexity index is 741. The van der Waals surface area contributed by atoms with Crippen LogP contribution in [0.25, 0.3) is 0 Å². The molecule has 32 heavy (non-hydrogen) atoms. The van der Waals surface area contributed by atoms with Crippen LogP contribution in [0.3, 0.4) is 0 Å². The molecule has 1 aromatic carbocycles. The lowest BCUT2D eigenvalue weighted by atomic mass is 9.92. The molecule has 1 aliphatic heterocycles. The van der Waals surface area contributed by atoms with E-state index in [4.69, 9.17) is 0 Å². The van der Waals surface area contributed by atoms with Crippen LogP contribution in [0.15, 0.2) is 54.1 Å². The number of carbonyl (C=O) groups excluding carboxylic acids is 1. The summed E-state index contributed by atoms with van der Waals surface area (Å²) in [6.45, 7) is 4.36. The zero-order valence-corrected chi connectivity index (χ0v) is 19.5. The summed E-state index contributed by atoms with van der Waals surface area (Å²) in [5.74, 6) is 0.114. The van der Waals surface area contributed by atoms with E-state index in [1.54, 1.807) is 7.05 Å². The third kappa shape index (κ3) is 7.55. The number of hydrogen-bond acceptors (Lipinski definition) is 5. The van der Waals surface area contributed by atoms with Gasteiger partial charge in [0.15, 0.2) is 6.35 Å². The van der Waals surface area contributed by atoms with Gasteiger partial charge in [-0.15, -0.1) is 0 Å². The third-order valence-corrected chi connectivity index (χ3v) is 6.45. The van der Waals surface area contributed by atoms with Crippen LogP contribution in [-0.2, 0) is 4.79 Å². The molecule has 1 amide bonds. The average Bonchev–Trinajstić information content (AvgIpc) is 2.85. The smallest absolute Gasteiger partial charge is 0.219 e. The van der Waals surface area contributed by atoms with E-state index in [9.17, 15) is 9.90 Å². The van der Waals surface area contributed by atoms with E-state index in [2.05, 4.69) is 69.0 Å². The second-order valence-corrected chi connectivity index (χ2v) is 8.73. The number of rotatable bonds is 12. The number of nitrogens with one attached hydrogen (secondary N) is 2. The van der Waals surface area contributed by atoms with Gasteiger partial charge in [-0.2, -0.15) is 0 Å². The van der Waals surface area contributed by atoms with Gasteiger partial charge in [0.25, 0.3) is 0 Å². The van der Waals surface area contributed by atoms with Crippen molar-refractivity contribution in [2.24, 2.45) is 0 Å². The molecule has 176 valence electrons. The minimum Gasteiger partial charge on any atom is -0.365 e. The molecule has 1 fully saturated rings. The molecule has 2 unspecified atom stereocenters. The van der Waals surface area contributed by atoms with Crippen LogP contribution in [0.5, 0.6) is 0 Å². The molecule has 1 aliphatic carbocycles. The van der Waals surface area contributed by atoms with Gasteiger partial charge in [-0.1, -0.05) is 61.4 Å². The van der Waals surface area contributed by atoms with Crippen molar-refractivity contribution in [3.05, 3.63) is 59.7 Å². The Morgan fingerprint density at radius 2 is 1.72 bits per heavy atom. The number of hydrogen-bond donors (Lipinski definition) is 3. The quantitative estimate of drug-likeness (QED) is 0.344. The van der Waals surface area contributed by atoms with Gasteiger partial charge < -0.3 is 10.4 Å². The molecule has 6 heteroatoms. The third-order valence-electron chi connectivity index (χ3n) is 6.45. The fourth-order valence-electron chi connectivity index (χ4n) is 4.58. The number of unbranched alkanes of at least 4 members (excludes halogenated alkanes) is 3. The molecule has 3 N–H and O–H groups in total. The van der Waals surface area contributed by atoms with E-state index in [-0.39, 0.29) is 11.9 Å². The second kappa shape index (κ2) is 13.5. The van der Waals surface area contributed by atoms with E-state index in [0.717, 1.165) is 71.2 Å². The number of piperazine rings is 1. The Morgan fingerprint density at radius 3 is 2.41 bits per heavy atom. The number of allylic oxidation sites excluding steroid dienone is 2. The Hall–Kier alpha value is -1.99. The van der Waals surface area contributed by atoms with Crippen LogP contribution in [0, 0.1) is 0 Å². The molecule has 0 aromatic heterocycles. The van der Waals surface area contributed by atoms with Crippen molar-refractivity contribution in [1.82, 2.24) is 20.4 Å². The summed E-state index contributed by atoms with van der Waals surface area (Å²) in [7, 11) is 1.68. The normalized spacial score (nSPS) is 19.4. The standard InChI is InChI=1S/C26H40N4O2/c1-27-24(31)16-10-2-3-11-17-28-26(32)30-20-18-29(19-21-30)25(22-12-6-4-7-13-22)23-14-8-5-9-15-23/h4,6-8,12-15,25-26,28,32H,2-3,5,9-11,16-21H2,1H3,(H,27,31). The maximum absolute atomic E-state index is 11.2. The molecule has 1 saturated heterocycles. The number of aliphatic hydroxyl groups is 1. The predicted octanol–water partition coefficient (Wildman–Crippen LogP) is 3.18. The number of benzene rings is 1. The molecule has 0 radical (unpaired) electrons. The Balaban J connectivity index is 1.41.